The van der Waals surface area contributed by atoms with Crippen molar-refractivity contribution in [3.63, 3.8) is 0 Å². The lowest BCUT2D eigenvalue weighted by molar-refractivity contribution is -0.117. The monoisotopic (exact) mass is 263 g/mol. The lowest BCUT2D eigenvalue weighted by atomic mass is 9.96. The number of amides is 1. The molecule has 1 unspecified atom stereocenters. The maximum Gasteiger partial charge on any atom is 0.224 e. The molecule has 5 nitrogen and oxygen atoms in total. The quantitative estimate of drug-likeness (QED) is 0.850. The number of hydrogen-bond acceptors (Lipinski definition) is 4. The van der Waals surface area contributed by atoms with E-state index in [4.69, 9.17) is 4.74 Å². The van der Waals surface area contributed by atoms with Crippen LogP contribution >= 0.6 is 0 Å². The van der Waals surface area contributed by atoms with Gasteiger partial charge in [0.1, 0.15) is 0 Å². The molecular weight excluding hydrogens is 242 g/mol. The van der Waals surface area contributed by atoms with E-state index < -0.39 is 0 Å². The Balaban J connectivity index is 1.80. The SMILES string of the molecule is CCOc1ccc(NC(=O)CC2CCCNC2)cn1. The summed E-state index contributed by atoms with van der Waals surface area (Å²) in [6, 6.07) is 3.58. The minimum Gasteiger partial charge on any atom is -0.478 e. The van der Waals surface area contributed by atoms with Gasteiger partial charge in [0, 0.05) is 12.5 Å². The molecule has 0 aliphatic carbocycles. The van der Waals surface area contributed by atoms with E-state index in [9.17, 15) is 4.79 Å². The fourth-order valence-electron chi connectivity index (χ4n) is 2.26. The van der Waals surface area contributed by atoms with Gasteiger partial charge in [-0.25, -0.2) is 4.98 Å². The maximum atomic E-state index is 11.9. The molecule has 1 fully saturated rings. The third-order valence-electron chi connectivity index (χ3n) is 3.19. The summed E-state index contributed by atoms with van der Waals surface area (Å²) in [7, 11) is 0. The van der Waals surface area contributed by atoms with E-state index >= 15 is 0 Å². The number of ether oxygens (including phenoxy) is 1. The smallest absolute Gasteiger partial charge is 0.224 e. The summed E-state index contributed by atoms with van der Waals surface area (Å²) in [6.07, 6.45) is 4.48. The first kappa shape index (κ1) is 13.8. The lowest BCUT2D eigenvalue weighted by Crippen LogP contribution is -2.32. The van der Waals surface area contributed by atoms with E-state index in [1.54, 1.807) is 12.3 Å². The normalized spacial score (nSPS) is 18.9. The van der Waals surface area contributed by atoms with Crippen LogP contribution in [0.15, 0.2) is 18.3 Å². The van der Waals surface area contributed by atoms with Crippen molar-refractivity contribution in [1.29, 1.82) is 0 Å². The fourth-order valence-corrected chi connectivity index (χ4v) is 2.26. The van der Waals surface area contributed by atoms with Gasteiger partial charge >= 0.3 is 0 Å². The second-order valence-corrected chi connectivity index (χ2v) is 4.78. The van der Waals surface area contributed by atoms with Gasteiger partial charge in [0.25, 0.3) is 0 Å². The van der Waals surface area contributed by atoms with Crippen molar-refractivity contribution < 1.29 is 9.53 Å². The van der Waals surface area contributed by atoms with Crippen LogP contribution in [0.25, 0.3) is 0 Å². The molecule has 104 valence electrons. The molecule has 0 bridgehead atoms. The molecule has 1 aliphatic rings. The summed E-state index contributed by atoms with van der Waals surface area (Å²) >= 11 is 0. The Bertz CT molecular complexity index is 400. The predicted octanol–water partition coefficient (Wildman–Crippen LogP) is 1.81. The Morgan fingerprint density at radius 1 is 1.58 bits per heavy atom. The van der Waals surface area contributed by atoms with Crippen LogP contribution in [0.1, 0.15) is 26.2 Å². The number of anilines is 1. The minimum atomic E-state index is 0.0552. The van der Waals surface area contributed by atoms with Gasteiger partial charge in [-0.15, -0.1) is 0 Å². The third-order valence-corrected chi connectivity index (χ3v) is 3.19. The van der Waals surface area contributed by atoms with Crippen molar-refractivity contribution in [1.82, 2.24) is 10.3 Å². The summed E-state index contributed by atoms with van der Waals surface area (Å²) in [6.45, 7) is 4.51. The van der Waals surface area contributed by atoms with E-state index in [1.165, 1.54) is 0 Å². The Kier molecular flexibility index (Phi) is 5.15. The summed E-state index contributed by atoms with van der Waals surface area (Å²) in [5.74, 6) is 1.08. The average molecular weight is 263 g/mol. The molecule has 0 aromatic carbocycles. The molecule has 2 rings (SSSR count). The van der Waals surface area contributed by atoms with Gasteiger partial charge in [0.2, 0.25) is 11.8 Å². The average Bonchev–Trinajstić information content (AvgIpc) is 2.42. The summed E-state index contributed by atoms with van der Waals surface area (Å²) in [4.78, 5) is 16.0. The molecule has 1 atom stereocenters. The highest BCUT2D eigenvalue weighted by Crippen LogP contribution is 2.16. The summed E-state index contributed by atoms with van der Waals surface area (Å²) in [5.41, 5.74) is 0.720. The molecule has 1 aromatic heterocycles. The number of pyridine rings is 1. The second kappa shape index (κ2) is 7.09. The second-order valence-electron chi connectivity index (χ2n) is 4.78. The number of rotatable bonds is 5. The van der Waals surface area contributed by atoms with Crippen LogP contribution in [0.2, 0.25) is 0 Å². The Labute approximate surface area is 113 Å². The number of piperidine rings is 1. The van der Waals surface area contributed by atoms with Crippen LogP contribution < -0.4 is 15.4 Å². The van der Waals surface area contributed by atoms with Gasteiger partial charge in [-0.2, -0.15) is 0 Å². The van der Waals surface area contributed by atoms with Crippen molar-refractivity contribution in [2.75, 3.05) is 25.0 Å². The van der Waals surface area contributed by atoms with Crippen LogP contribution in [0.5, 0.6) is 5.88 Å². The van der Waals surface area contributed by atoms with Crippen LogP contribution in [0.3, 0.4) is 0 Å². The standard InChI is InChI=1S/C14H21N3O2/c1-2-19-14-6-5-12(10-16-14)17-13(18)8-11-4-3-7-15-9-11/h5-6,10-11,15H,2-4,7-9H2,1H3,(H,17,18). The molecule has 2 heterocycles. The molecule has 5 heteroatoms. The van der Waals surface area contributed by atoms with Crippen molar-refractivity contribution in [2.24, 2.45) is 5.92 Å². The maximum absolute atomic E-state index is 11.9. The van der Waals surface area contributed by atoms with Crippen molar-refractivity contribution >= 4 is 11.6 Å². The van der Waals surface area contributed by atoms with Gasteiger partial charge in [0.05, 0.1) is 18.5 Å². The van der Waals surface area contributed by atoms with Gasteiger partial charge in [-0.3, -0.25) is 4.79 Å². The molecule has 0 radical (unpaired) electrons. The molecule has 0 saturated carbocycles. The van der Waals surface area contributed by atoms with Crippen molar-refractivity contribution in [3.05, 3.63) is 18.3 Å². The highest BCUT2D eigenvalue weighted by molar-refractivity contribution is 5.90. The highest BCUT2D eigenvalue weighted by Gasteiger charge is 2.16. The number of carbonyl (C=O) groups is 1. The molecule has 1 saturated heterocycles. The zero-order valence-corrected chi connectivity index (χ0v) is 11.3. The summed E-state index contributed by atoms with van der Waals surface area (Å²) < 4.78 is 5.26. The summed E-state index contributed by atoms with van der Waals surface area (Å²) in [5, 5.41) is 6.19. The fraction of sp³-hybridized carbons (Fsp3) is 0.571. The minimum absolute atomic E-state index is 0.0552. The van der Waals surface area contributed by atoms with E-state index in [0.29, 0.717) is 24.8 Å². The molecule has 0 spiro atoms. The topological polar surface area (TPSA) is 63.2 Å². The van der Waals surface area contributed by atoms with Gasteiger partial charge in [-0.1, -0.05) is 0 Å². The number of aromatic nitrogens is 1. The molecule has 2 N–H and O–H groups in total. The molecule has 1 amide bonds. The van der Waals surface area contributed by atoms with E-state index in [2.05, 4.69) is 15.6 Å². The lowest BCUT2D eigenvalue weighted by Gasteiger charge is -2.22. The van der Waals surface area contributed by atoms with Crippen LogP contribution in [0.4, 0.5) is 5.69 Å². The first-order chi connectivity index (χ1) is 9.28. The first-order valence-corrected chi connectivity index (χ1v) is 6.87. The molecule has 19 heavy (non-hydrogen) atoms. The van der Waals surface area contributed by atoms with Gasteiger partial charge in [0.15, 0.2) is 0 Å². The van der Waals surface area contributed by atoms with Crippen molar-refractivity contribution in [3.8, 4) is 5.88 Å². The number of nitrogens with zero attached hydrogens (tertiary/aromatic N) is 1. The Morgan fingerprint density at radius 2 is 2.47 bits per heavy atom. The number of nitrogens with one attached hydrogen (secondary N) is 2. The van der Waals surface area contributed by atoms with Gasteiger partial charge < -0.3 is 15.4 Å². The number of carbonyl (C=O) groups excluding carboxylic acids is 1. The molecule has 1 aromatic rings. The zero-order valence-electron chi connectivity index (χ0n) is 11.3. The predicted molar refractivity (Wildman–Crippen MR) is 74.2 cm³/mol. The van der Waals surface area contributed by atoms with Crippen LogP contribution in [-0.2, 0) is 4.79 Å². The van der Waals surface area contributed by atoms with E-state index in [0.717, 1.165) is 31.6 Å². The van der Waals surface area contributed by atoms with E-state index in [1.807, 2.05) is 13.0 Å². The largest absolute Gasteiger partial charge is 0.478 e. The number of hydrogen-bond donors (Lipinski definition) is 2. The molecular formula is C14H21N3O2. The zero-order chi connectivity index (χ0) is 13.5. The Hall–Kier alpha value is -1.62. The molecule has 1 aliphatic heterocycles. The van der Waals surface area contributed by atoms with Gasteiger partial charge in [-0.05, 0) is 44.8 Å². The van der Waals surface area contributed by atoms with E-state index in [-0.39, 0.29) is 5.91 Å². The Morgan fingerprint density at radius 3 is 3.11 bits per heavy atom. The van der Waals surface area contributed by atoms with Crippen LogP contribution in [0, 0.1) is 5.92 Å². The first-order valence-electron chi connectivity index (χ1n) is 6.87. The van der Waals surface area contributed by atoms with Crippen molar-refractivity contribution in [2.45, 2.75) is 26.2 Å². The van der Waals surface area contributed by atoms with Crippen LogP contribution in [-0.4, -0.2) is 30.6 Å². The third kappa shape index (κ3) is 4.52. The highest BCUT2D eigenvalue weighted by atomic mass is 16.5.